The number of nitrogens with zero attached hydrogens (tertiary/aromatic N) is 4. The van der Waals surface area contributed by atoms with Crippen molar-refractivity contribution in [1.29, 1.82) is 0 Å². The second-order valence-electron chi connectivity index (χ2n) is 41.5. The number of hydrogen-bond donors (Lipinski definition) is 5. The van der Waals surface area contributed by atoms with Gasteiger partial charge in [-0.2, -0.15) is 0 Å². The number of aliphatic hydroxyl groups is 5. The van der Waals surface area contributed by atoms with Crippen LogP contribution in [0.5, 0.6) is 0 Å². The number of carbonyl (C=O) groups excluding carboxylic acids is 8. The maximum absolute atomic E-state index is 14.9. The molecule has 0 aliphatic carbocycles. The van der Waals surface area contributed by atoms with Crippen LogP contribution >= 0.6 is 0 Å². The molecule has 2 unspecified atom stereocenters. The first-order valence-electron chi connectivity index (χ1n) is 47.4. The number of likely N-dealkylation sites (N-methyl/N-ethyl adjacent to an activating group) is 2. The van der Waals surface area contributed by atoms with Gasteiger partial charge in [0.05, 0.1) is 121 Å². The van der Waals surface area contributed by atoms with Gasteiger partial charge in [-0.15, -0.1) is 0 Å². The first-order chi connectivity index (χ1) is 61.7. The fourth-order valence-electron chi connectivity index (χ4n) is 19.8. The van der Waals surface area contributed by atoms with Gasteiger partial charge in [0, 0.05) is 104 Å². The van der Waals surface area contributed by atoms with E-state index in [1.807, 2.05) is 84.8 Å². The van der Waals surface area contributed by atoms with Crippen LogP contribution in [0.3, 0.4) is 0 Å². The molecule has 0 bridgehead atoms. The SMILES string of the molecule is CC[C@H]1OC(=O)[C@H](C)[C@@H](OC2C[C@@](C)(OC)[C@@H](OC(C)=O)[C@H](C)O2)[C@H](C)[C@@H](O[C@@H]2O[C@H](C)C[C@H](N(C)C)[C@H]2OC(C)=O)[C@](C)(O)C[C@@H](C)C(=NOC(C)=O)[C@H](C)[C@@H](O)[C@]1(C)O.CC[C@H]1OC(=O)[C@H](C)[C@@H](OC2C[C@@](C)(OC)[C@@H](OC(C)=O)[C@H](C)O2)[C@H](C)[C@@H](O[C@@H]2O[C@H](C)C[C@H](N(C)C)[C@H]2OC(C)=O)[C@](C)(OC/C=C/CO[Si](C)(C)C(C)(C)C)C[C@@H](C)C(=NOC(C)=O)[C@H](C)[C@@H](O)[C@]1(C)O. The van der Waals surface area contributed by atoms with Crippen LogP contribution in [0.4, 0.5) is 0 Å². The highest BCUT2D eigenvalue weighted by molar-refractivity contribution is 6.74. The number of hydrogen-bond acceptors (Lipinski definition) is 37. The molecule has 134 heavy (non-hydrogen) atoms. The molecular weight excluding hydrogens is 1770 g/mol. The lowest BCUT2D eigenvalue weighted by Crippen LogP contribution is -2.62. The van der Waals surface area contributed by atoms with Gasteiger partial charge in [0.2, 0.25) is 0 Å². The number of esters is 6. The number of methoxy groups -OCH3 is 2. The van der Waals surface area contributed by atoms with E-state index in [0.29, 0.717) is 19.4 Å². The molecule has 0 aromatic carbocycles. The number of oxime groups is 2. The number of cyclic esters (lactones) is 2. The summed E-state index contributed by atoms with van der Waals surface area (Å²) in [5.74, 6) is -12.6. The Balaban J connectivity index is 0.000000481. The largest absolute Gasteiger partial charge is 0.459 e. The maximum Gasteiger partial charge on any atom is 0.331 e. The molecule has 0 amide bonds. The van der Waals surface area contributed by atoms with Crippen LogP contribution in [0.15, 0.2) is 22.5 Å². The van der Waals surface area contributed by atoms with Crippen LogP contribution in [0.1, 0.15) is 252 Å². The summed E-state index contributed by atoms with van der Waals surface area (Å²) in [5.41, 5.74) is -9.26. The first kappa shape index (κ1) is 119. The molecule has 6 aliphatic rings. The molecule has 6 heterocycles. The Hall–Kier alpha value is -5.70. The molecule has 0 radical (unpaired) electrons. The summed E-state index contributed by atoms with van der Waals surface area (Å²) < 4.78 is 115. The smallest absolute Gasteiger partial charge is 0.331 e. The van der Waals surface area contributed by atoms with Crippen molar-refractivity contribution in [2.24, 2.45) is 57.7 Å². The van der Waals surface area contributed by atoms with Gasteiger partial charge >= 0.3 is 47.8 Å². The van der Waals surface area contributed by atoms with Crippen molar-refractivity contribution in [3.05, 3.63) is 12.2 Å². The van der Waals surface area contributed by atoms with E-state index in [2.05, 4.69) is 44.2 Å². The normalized spacial score (nSPS) is 41.3. The highest BCUT2D eigenvalue weighted by Gasteiger charge is 2.59. The molecule has 0 spiro atoms. The van der Waals surface area contributed by atoms with E-state index in [0.717, 1.165) is 0 Å². The molecule has 6 fully saturated rings. The Morgan fingerprint density at radius 3 is 1.16 bits per heavy atom. The lowest BCUT2D eigenvalue weighted by molar-refractivity contribution is -0.321. The van der Waals surface area contributed by atoms with Crippen LogP contribution < -0.4 is 0 Å². The third-order valence-corrected chi connectivity index (χ3v) is 32.8. The topological polar surface area (TPSA) is 454 Å². The average molecular weight is 1930 g/mol. The molecule has 6 aliphatic heterocycles. The minimum Gasteiger partial charge on any atom is -0.459 e. The van der Waals surface area contributed by atoms with Gasteiger partial charge in [0.25, 0.3) is 0 Å². The molecule has 37 nitrogen and oxygen atoms in total. The van der Waals surface area contributed by atoms with Crippen LogP contribution in [0.25, 0.3) is 0 Å². The minimum atomic E-state index is -2.11. The van der Waals surface area contributed by atoms with Gasteiger partial charge in [0.15, 0.2) is 57.9 Å². The van der Waals surface area contributed by atoms with Crippen molar-refractivity contribution >= 4 is 67.5 Å². The molecule has 36 atom stereocenters. The quantitative estimate of drug-likeness (QED) is 0.0134. The van der Waals surface area contributed by atoms with E-state index in [1.165, 1.54) is 76.5 Å². The maximum atomic E-state index is 14.9. The first-order valence-corrected chi connectivity index (χ1v) is 50.3. The van der Waals surface area contributed by atoms with Gasteiger partial charge in [-0.3, -0.25) is 28.8 Å². The van der Waals surface area contributed by atoms with E-state index >= 15 is 0 Å². The molecular formula is C96H168N4O33Si. The zero-order chi connectivity index (χ0) is 102. The molecule has 0 aromatic rings. The minimum absolute atomic E-state index is 0.0163. The molecule has 0 saturated carbocycles. The third-order valence-electron chi connectivity index (χ3n) is 28.3. The predicted molar refractivity (Wildman–Crippen MR) is 495 cm³/mol. The van der Waals surface area contributed by atoms with Gasteiger partial charge in [-0.25, -0.2) is 9.59 Å². The van der Waals surface area contributed by atoms with Crippen LogP contribution in [-0.2, 0) is 133 Å². The van der Waals surface area contributed by atoms with E-state index in [1.54, 1.807) is 83.1 Å². The van der Waals surface area contributed by atoms with Crippen LogP contribution in [-0.4, -0.2) is 327 Å². The molecule has 38 heteroatoms. The number of ether oxygens (including phenoxy) is 17. The summed E-state index contributed by atoms with van der Waals surface area (Å²) in [6, 6.07) is -0.700. The highest BCUT2D eigenvalue weighted by atomic mass is 28.4. The van der Waals surface area contributed by atoms with Crippen molar-refractivity contribution in [2.75, 3.05) is 55.6 Å². The van der Waals surface area contributed by atoms with Gasteiger partial charge in [0.1, 0.15) is 34.6 Å². The fraction of sp³-hybridized carbons (Fsp3) is 0.875. The Morgan fingerprint density at radius 1 is 0.470 bits per heavy atom. The Kier molecular flexibility index (Phi) is 44.0. The number of rotatable bonds is 26. The third kappa shape index (κ3) is 30.7. The summed E-state index contributed by atoms with van der Waals surface area (Å²) in [5, 5.41) is 69.4. The monoisotopic (exact) mass is 1930 g/mol. The second kappa shape index (κ2) is 49.6. The summed E-state index contributed by atoms with van der Waals surface area (Å²) >= 11 is 0. The summed E-state index contributed by atoms with van der Waals surface area (Å²) in [6.45, 7) is 52.8. The summed E-state index contributed by atoms with van der Waals surface area (Å²) in [4.78, 5) is 118. The van der Waals surface area contributed by atoms with E-state index in [-0.39, 0.29) is 85.9 Å². The van der Waals surface area contributed by atoms with Crippen molar-refractivity contribution < 1.29 is 159 Å². The van der Waals surface area contributed by atoms with E-state index in [4.69, 9.17) is 94.6 Å². The van der Waals surface area contributed by atoms with Crippen LogP contribution in [0.2, 0.25) is 18.1 Å². The van der Waals surface area contributed by atoms with Crippen molar-refractivity contribution in [2.45, 2.75) is 439 Å². The number of carbonyl (C=O) groups is 8. The molecule has 0 aromatic heterocycles. The Bertz CT molecular complexity index is 3910. The standard InChI is InChI=1S/C53H94N2O17Si.C43H74N2O16/c1-22-40-53(16,61)45(59)32(4)42(54-72-38(10)58)30(2)28-52(15,63-25-23-24-26-64-73(20,21)50(11,12)13)46(71-49-44(67-36(8)56)39(55(17)18)27-31(3)65-49)33(5)43(34(6)48(60)69-40)70-41-29-51(14,62-19)47(35(7)66-41)68-37(9)57;1-17-31-43(13,52)36(49)23(4)33(44-61-29(10)48)21(2)19-41(11,51)37(60-40-35(56-27(8)46)30(45(14)15)18-22(3)54-40)24(5)34(25(6)39(50)58-31)59-32-20-42(12,53-16)38(26(7)55-32)57-28(9)47/h23-24,30-35,39-41,43-47,49,59,61H,22,25-29H2,1-21H3;21-26,30-32,34-38,40,49,51-52H,17-20H2,1-16H3/b24-23+,54-42?;/t30-,31-,32+,33+,34-,35+,39+,40-,41?,43+,44-,45-,46-,47+,49+,51-,52-,53-;21-,22-,23+,24+,25-,26+,30+,31-,32?,34+,35-,36-,37-,38+,40+,41-,42-,43-/m11/s1. The Morgan fingerprint density at radius 2 is 0.821 bits per heavy atom. The van der Waals surface area contributed by atoms with E-state index < -0.39 is 248 Å². The molecule has 5 N–H and O–H groups in total. The lowest BCUT2D eigenvalue weighted by atomic mass is 9.73. The van der Waals surface area contributed by atoms with Gasteiger partial charge in [-0.05, 0) is 168 Å². The molecule has 6 saturated heterocycles. The number of aliphatic hydroxyl groups excluding tert-OH is 2. The lowest BCUT2D eigenvalue weighted by Gasteiger charge is -2.50. The van der Waals surface area contributed by atoms with Crippen molar-refractivity contribution in [3.8, 4) is 0 Å². The zero-order valence-corrected chi connectivity index (χ0v) is 88.0. The van der Waals surface area contributed by atoms with E-state index in [9.17, 15) is 63.9 Å². The fourth-order valence-corrected chi connectivity index (χ4v) is 20.7. The van der Waals surface area contributed by atoms with Gasteiger partial charge < -0.3 is 130 Å². The highest BCUT2D eigenvalue weighted by Crippen LogP contribution is 2.47. The predicted octanol–water partition coefficient (Wildman–Crippen LogP) is 10.2. The summed E-state index contributed by atoms with van der Waals surface area (Å²) in [6.07, 6.45) is -15.7. The average Bonchev–Trinajstić information content (AvgIpc) is 0.763. The Labute approximate surface area is 796 Å². The van der Waals surface area contributed by atoms with Crippen LogP contribution in [0, 0.1) is 47.3 Å². The molecule has 6 rings (SSSR count). The van der Waals surface area contributed by atoms with Gasteiger partial charge in [-0.1, -0.05) is 98.6 Å². The molecule has 774 valence electrons. The summed E-state index contributed by atoms with van der Waals surface area (Å²) in [7, 11) is 8.35. The van der Waals surface area contributed by atoms with Crippen molar-refractivity contribution in [1.82, 2.24) is 9.80 Å². The second-order valence-corrected chi connectivity index (χ2v) is 46.3. The van der Waals surface area contributed by atoms with Crippen molar-refractivity contribution in [3.63, 3.8) is 0 Å². The zero-order valence-electron chi connectivity index (χ0n) is 87.0.